The molecule has 1 aromatic heterocycles. The van der Waals surface area contributed by atoms with Gasteiger partial charge in [0.05, 0.1) is 4.88 Å². The van der Waals surface area contributed by atoms with Gasteiger partial charge in [-0.25, -0.2) is 0 Å². The zero-order valence-electron chi connectivity index (χ0n) is 14.3. The van der Waals surface area contributed by atoms with E-state index in [1.165, 1.54) is 11.3 Å². The normalized spacial score (nSPS) is 25.0. The third kappa shape index (κ3) is 4.16. The predicted molar refractivity (Wildman–Crippen MR) is 96.1 cm³/mol. The molecule has 2 fully saturated rings. The van der Waals surface area contributed by atoms with E-state index in [0.29, 0.717) is 12.3 Å². The highest BCUT2D eigenvalue weighted by atomic mass is 32.1. The minimum atomic E-state index is 0.00908. The molecular weight excluding hydrogens is 322 g/mol. The van der Waals surface area contributed by atoms with Crippen molar-refractivity contribution in [3.63, 3.8) is 0 Å². The molecule has 1 aliphatic carbocycles. The van der Waals surface area contributed by atoms with E-state index in [1.54, 1.807) is 0 Å². The van der Waals surface area contributed by atoms with Gasteiger partial charge in [-0.3, -0.25) is 9.59 Å². The Balaban J connectivity index is 1.43. The van der Waals surface area contributed by atoms with E-state index < -0.39 is 0 Å². The maximum atomic E-state index is 12.4. The van der Waals surface area contributed by atoms with Crippen molar-refractivity contribution < 1.29 is 9.59 Å². The number of amides is 2. The monoisotopic (exact) mass is 349 g/mol. The molecule has 2 atom stereocenters. The Morgan fingerprint density at radius 3 is 2.58 bits per heavy atom. The SMILES string of the molecule is Cc1ccc(C(=O)NC2CCN(C(=O)C[C@@H]3CCC[C@H]3N)CC2)s1. The summed E-state index contributed by atoms with van der Waals surface area (Å²) in [6, 6.07) is 4.20. The van der Waals surface area contributed by atoms with Crippen molar-refractivity contribution in [3.05, 3.63) is 21.9 Å². The van der Waals surface area contributed by atoms with Gasteiger partial charge < -0.3 is 16.0 Å². The first-order valence-electron chi connectivity index (χ1n) is 8.93. The first-order chi connectivity index (χ1) is 11.5. The number of nitrogens with two attached hydrogens (primary N) is 1. The molecule has 1 saturated carbocycles. The molecule has 2 heterocycles. The molecule has 24 heavy (non-hydrogen) atoms. The Bertz CT molecular complexity index is 593. The van der Waals surface area contributed by atoms with Gasteiger partial charge in [-0.15, -0.1) is 11.3 Å². The van der Waals surface area contributed by atoms with Crippen LogP contribution in [-0.4, -0.2) is 41.9 Å². The second kappa shape index (κ2) is 7.66. The smallest absolute Gasteiger partial charge is 0.261 e. The van der Waals surface area contributed by atoms with Crippen LogP contribution in [0.3, 0.4) is 0 Å². The molecule has 0 bridgehead atoms. The average Bonchev–Trinajstić information content (AvgIpc) is 3.17. The summed E-state index contributed by atoms with van der Waals surface area (Å²) in [6.45, 7) is 3.46. The molecular formula is C18H27N3O2S. The average molecular weight is 350 g/mol. The number of aryl methyl sites for hydroxylation is 1. The summed E-state index contributed by atoms with van der Waals surface area (Å²) in [7, 11) is 0. The Morgan fingerprint density at radius 2 is 2.00 bits per heavy atom. The number of carbonyl (C=O) groups excluding carboxylic acids is 2. The fourth-order valence-electron chi connectivity index (χ4n) is 3.76. The molecule has 1 saturated heterocycles. The molecule has 0 radical (unpaired) electrons. The maximum Gasteiger partial charge on any atom is 0.261 e. The number of carbonyl (C=O) groups is 2. The molecule has 1 aliphatic heterocycles. The lowest BCUT2D eigenvalue weighted by Gasteiger charge is -2.33. The summed E-state index contributed by atoms with van der Waals surface area (Å²) in [4.78, 5) is 28.5. The van der Waals surface area contributed by atoms with E-state index in [1.807, 2.05) is 24.0 Å². The summed E-state index contributed by atoms with van der Waals surface area (Å²) in [5.74, 6) is 0.600. The third-order valence-corrected chi connectivity index (χ3v) is 6.30. The molecule has 1 aromatic rings. The Kier molecular flexibility index (Phi) is 5.56. The minimum Gasteiger partial charge on any atom is -0.348 e. The van der Waals surface area contributed by atoms with Gasteiger partial charge >= 0.3 is 0 Å². The molecule has 0 unspecified atom stereocenters. The highest BCUT2D eigenvalue weighted by Crippen LogP contribution is 2.28. The van der Waals surface area contributed by atoms with Crippen LogP contribution < -0.4 is 11.1 Å². The number of piperidine rings is 1. The quantitative estimate of drug-likeness (QED) is 0.876. The van der Waals surface area contributed by atoms with Crippen molar-refractivity contribution in [2.45, 2.75) is 57.5 Å². The molecule has 6 heteroatoms. The van der Waals surface area contributed by atoms with Crippen LogP contribution in [0.1, 0.15) is 53.1 Å². The molecule has 0 aromatic carbocycles. The number of likely N-dealkylation sites (tertiary alicyclic amines) is 1. The van der Waals surface area contributed by atoms with Crippen molar-refractivity contribution in [2.24, 2.45) is 11.7 Å². The van der Waals surface area contributed by atoms with Gasteiger partial charge in [0.25, 0.3) is 5.91 Å². The Labute approximate surface area is 147 Å². The molecule has 2 amide bonds. The van der Waals surface area contributed by atoms with Gasteiger partial charge in [0.15, 0.2) is 0 Å². The number of rotatable bonds is 4. The van der Waals surface area contributed by atoms with Crippen LogP contribution in [0.4, 0.5) is 0 Å². The van der Waals surface area contributed by atoms with Gasteiger partial charge in [0.2, 0.25) is 5.91 Å². The number of hydrogen-bond donors (Lipinski definition) is 2. The predicted octanol–water partition coefficient (Wildman–Crippen LogP) is 2.29. The summed E-state index contributed by atoms with van der Waals surface area (Å²) < 4.78 is 0. The third-order valence-electron chi connectivity index (χ3n) is 5.30. The molecule has 3 rings (SSSR count). The first-order valence-corrected chi connectivity index (χ1v) is 9.75. The highest BCUT2D eigenvalue weighted by molar-refractivity contribution is 7.13. The van der Waals surface area contributed by atoms with Crippen molar-refractivity contribution in [3.8, 4) is 0 Å². The number of nitrogens with one attached hydrogen (secondary N) is 1. The standard InChI is InChI=1S/C18H27N3O2S/c1-12-5-6-16(24-12)18(23)20-14-7-9-21(10-8-14)17(22)11-13-3-2-4-15(13)19/h5-6,13-15H,2-4,7-11,19H2,1H3,(H,20,23)/t13-,15+/m0/s1. The zero-order chi connectivity index (χ0) is 17.1. The van der Waals surface area contributed by atoms with E-state index in [-0.39, 0.29) is 23.9 Å². The number of nitrogens with zero attached hydrogens (tertiary/aromatic N) is 1. The Hall–Kier alpha value is -1.40. The van der Waals surface area contributed by atoms with Crippen LogP contribution in [0.15, 0.2) is 12.1 Å². The zero-order valence-corrected chi connectivity index (χ0v) is 15.1. The largest absolute Gasteiger partial charge is 0.348 e. The van der Waals surface area contributed by atoms with E-state index in [2.05, 4.69) is 5.32 Å². The van der Waals surface area contributed by atoms with E-state index in [0.717, 1.165) is 54.9 Å². The molecule has 2 aliphatic rings. The minimum absolute atomic E-state index is 0.00908. The van der Waals surface area contributed by atoms with Gasteiger partial charge in [0, 0.05) is 36.5 Å². The van der Waals surface area contributed by atoms with Crippen molar-refractivity contribution in [1.29, 1.82) is 0 Å². The van der Waals surface area contributed by atoms with Crippen LogP contribution in [0.5, 0.6) is 0 Å². The molecule has 3 N–H and O–H groups in total. The van der Waals surface area contributed by atoms with Crippen molar-refractivity contribution in [1.82, 2.24) is 10.2 Å². The van der Waals surface area contributed by atoms with Gasteiger partial charge in [-0.2, -0.15) is 0 Å². The summed E-state index contributed by atoms with van der Waals surface area (Å²) in [6.07, 6.45) is 5.53. The van der Waals surface area contributed by atoms with Gasteiger partial charge in [-0.1, -0.05) is 6.42 Å². The number of hydrogen-bond acceptors (Lipinski definition) is 4. The summed E-state index contributed by atoms with van der Waals surface area (Å²) in [5.41, 5.74) is 6.07. The number of thiophene rings is 1. The van der Waals surface area contributed by atoms with Crippen LogP contribution >= 0.6 is 11.3 Å². The fraction of sp³-hybridized carbons (Fsp3) is 0.667. The maximum absolute atomic E-state index is 12.4. The van der Waals surface area contributed by atoms with Crippen LogP contribution in [0, 0.1) is 12.8 Å². The topological polar surface area (TPSA) is 75.4 Å². The lowest BCUT2D eigenvalue weighted by Crippen LogP contribution is -2.47. The van der Waals surface area contributed by atoms with Gasteiger partial charge in [0.1, 0.15) is 0 Å². The lowest BCUT2D eigenvalue weighted by molar-refractivity contribution is -0.133. The first kappa shape index (κ1) is 17.4. The van der Waals surface area contributed by atoms with E-state index in [9.17, 15) is 9.59 Å². The molecule has 0 spiro atoms. The van der Waals surface area contributed by atoms with E-state index >= 15 is 0 Å². The second-order valence-electron chi connectivity index (χ2n) is 7.10. The van der Waals surface area contributed by atoms with Crippen LogP contribution in [-0.2, 0) is 4.79 Å². The highest BCUT2D eigenvalue weighted by Gasteiger charge is 2.30. The molecule has 132 valence electrons. The van der Waals surface area contributed by atoms with Gasteiger partial charge in [-0.05, 0) is 50.7 Å². The van der Waals surface area contributed by atoms with Crippen LogP contribution in [0.2, 0.25) is 0 Å². The molecule has 5 nitrogen and oxygen atoms in total. The summed E-state index contributed by atoms with van der Waals surface area (Å²) >= 11 is 1.52. The second-order valence-corrected chi connectivity index (χ2v) is 8.39. The Morgan fingerprint density at radius 1 is 1.25 bits per heavy atom. The fourth-order valence-corrected chi connectivity index (χ4v) is 4.53. The lowest BCUT2D eigenvalue weighted by atomic mass is 9.98. The van der Waals surface area contributed by atoms with E-state index in [4.69, 9.17) is 5.73 Å². The van der Waals surface area contributed by atoms with Crippen LogP contribution in [0.25, 0.3) is 0 Å². The van der Waals surface area contributed by atoms with Crippen molar-refractivity contribution >= 4 is 23.2 Å². The van der Waals surface area contributed by atoms with Crippen molar-refractivity contribution in [2.75, 3.05) is 13.1 Å². The summed E-state index contributed by atoms with van der Waals surface area (Å²) in [5, 5.41) is 3.10.